The van der Waals surface area contributed by atoms with Gasteiger partial charge in [0.05, 0.1) is 0 Å². The van der Waals surface area contributed by atoms with Gasteiger partial charge in [-0.05, 0) is 12.2 Å². The minimum Gasteiger partial charge on any atom is -0.337 e. The van der Waals surface area contributed by atoms with E-state index in [2.05, 4.69) is 28.1 Å². The summed E-state index contributed by atoms with van der Waals surface area (Å²) in [6, 6.07) is 0. The van der Waals surface area contributed by atoms with Crippen molar-refractivity contribution in [3.63, 3.8) is 0 Å². The van der Waals surface area contributed by atoms with E-state index < -0.39 is 0 Å². The second kappa shape index (κ2) is 2.26. The Hall–Kier alpha value is -1.38. The van der Waals surface area contributed by atoms with E-state index >= 15 is 0 Å². The smallest absolute Gasteiger partial charge is 0.186 e. The second-order valence-electron chi connectivity index (χ2n) is 1.43. The van der Waals surface area contributed by atoms with E-state index in [9.17, 15) is 0 Å². The van der Waals surface area contributed by atoms with Crippen molar-refractivity contribution in [2.24, 2.45) is 0 Å². The third-order valence-electron chi connectivity index (χ3n) is 0.919. The van der Waals surface area contributed by atoms with Gasteiger partial charge in [-0.3, -0.25) is 0 Å². The van der Waals surface area contributed by atoms with Gasteiger partial charge >= 0.3 is 0 Å². The summed E-state index contributed by atoms with van der Waals surface area (Å²) in [6.07, 6.45) is 3.10. The first-order valence-electron chi connectivity index (χ1n) is 2.45. The Morgan fingerprint density at radius 3 is 2.56 bits per heavy atom. The summed E-state index contributed by atoms with van der Waals surface area (Å²) in [4.78, 5) is 0. The van der Waals surface area contributed by atoms with Gasteiger partial charge in [0.25, 0.3) is 0 Å². The van der Waals surface area contributed by atoms with Gasteiger partial charge in [0.2, 0.25) is 0 Å². The van der Waals surface area contributed by atoms with Crippen LogP contribution >= 0.6 is 0 Å². The lowest BCUT2D eigenvalue weighted by atomic mass is 10.3. The summed E-state index contributed by atoms with van der Waals surface area (Å²) >= 11 is 0. The van der Waals surface area contributed by atoms with Crippen molar-refractivity contribution in [1.29, 1.82) is 0 Å². The van der Waals surface area contributed by atoms with Crippen LogP contribution in [0.15, 0.2) is 17.7 Å². The van der Waals surface area contributed by atoms with Crippen LogP contribution in [0.2, 0.25) is 0 Å². The van der Waals surface area contributed by atoms with Crippen LogP contribution in [0, 0.1) is 0 Å². The van der Waals surface area contributed by atoms with E-state index in [0.29, 0.717) is 11.5 Å². The van der Waals surface area contributed by atoms with Gasteiger partial charge in [0.1, 0.15) is 5.69 Å². The molecule has 0 aliphatic heterocycles. The molecule has 3 heteroatoms. The monoisotopic (exact) mass is 122 g/mol. The van der Waals surface area contributed by atoms with Crippen LogP contribution in [0.1, 0.15) is 11.5 Å². The first-order valence-corrected chi connectivity index (χ1v) is 2.45. The van der Waals surface area contributed by atoms with Crippen molar-refractivity contribution >= 4 is 12.2 Å². The molecule has 1 aromatic heterocycles. The molecule has 0 spiro atoms. The van der Waals surface area contributed by atoms with E-state index in [1.807, 2.05) is 0 Å². The SMILES string of the molecule is C=Cc1nnoc1C=C. The topological polar surface area (TPSA) is 38.9 Å². The van der Waals surface area contributed by atoms with E-state index in [1.165, 1.54) is 6.08 Å². The van der Waals surface area contributed by atoms with Crippen LogP contribution in [-0.2, 0) is 0 Å². The van der Waals surface area contributed by atoms with Crippen molar-refractivity contribution < 1.29 is 4.52 Å². The lowest BCUT2D eigenvalue weighted by Crippen LogP contribution is -1.72. The molecular weight excluding hydrogens is 116 g/mol. The number of rotatable bonds is 2. The molecule has 0 radical (unpaired) electrons. The van der Waals surface area contributed by atoms with Crippen molar-refractivity contribution in [2.75, 3.05) is 0 Å². The average Bonchev–Trinajstić information content (AvgIpc) is 2.33. The zero-order valence-electron chi connectivity index (χ0n) is 4.87. The molecule has 0 saturated carbocycles. The number of hydrogen-bond donors (Lipinski definition) is 0. The highest BCUT2D eigenvalue weighted by Crippen LogP contribution is 2.05. The predicted molar refractivity (Wildman–Crippen MR) is 34.5 cm³/mol. The molecule has 0 bridgehead atoms. The highest BCUT2D eigenvalue weighted by atomic mass is 16.5. The minimum atomic E-state index is 0.560. The zero-order valence-corrected chi connectivity index (χ0v) is 4.87. The second-order valence-corrected chi connectivity index (χ2v) is 1.43. The van der Waals surface area contributed by atoms with Crippen molar-refractivity contribution in [3.8, 4) is 0 Å². The maximum Gasteiger partial charge on any atom is 0.186 e. The summed E-state index contributed by atoms with van der Waals surface area (Å²) in [5.74, 6) is 0.560. The summed E-state index contributed by atoms with van der Waals surface area (Å²) in [7, 11) is 0. The van der Waals surface area contributed by atoms with E-state index in [4.69, 9.17) is 0 Å². The number of hydrogen-bond acceptors (Lipinski definition) is 3. The van der Waals surface area contributed by atoms with Gasteiger partial charge in [-0.1, -0.05) is 13.2 Å². The fourth-order valence-corrected chi connectivity index (χ4v) is 0.488. The van der Waals surface area contributed by atoms with Gasteiger partial charge < -0.3 is 4.52 Å². The Bertz CT molecular complexity index is 204. The van der Waals surface area contributed by atoms with Crippen LogP contribution in [0.4, 0.5) is 0 Å². The summed E-state index contributed by atoms with van der Waals surface area (Å²) in [5.41, 5.74) is 0.630. The Morgan fingerprint density at radius 1 is 1.33 bits per heavy atom. The molecule has 0 fully saturated rings. The molecule has 0 unspecified atom stereocenters. The first kappa shape index (κ1) is 5.75. The molecule has 0 N–H and O–H groups in total. The van der Waals surface area contributed by atoms with E-state index in [0.717, 1.165) is 0 Å². The van der Waals surface area contributed by atoms with Crippen molar-refractivity contribution in [3.05, 3.63) is 24.6 Å². The Kier molecular flexibility index (Phi) is 1.44. The summed E-state index contributed by atoms with van der Waals surface area (Å²) in [5, 5.41) is 6.90. The number of aromatic nitrogens is 2. The van der Waals surface area contributed by atoms with Crippen LogP contribution in [0.3, 0.4) is 0 Å². The van der Waals surface area contributed by atoms with Crippen LogP contribution in [0.25, 0.3) is 12.2 Å². The highest BCUT2D eigenvalue weighted by molar-refractivity contribution is 5.54. The molecule has 1 heterocycles. The van der Waals surface area contributed by atoms with Gasteiger partial charge in [0, 0.05) is 5.27 Å². The Morgan fingerprint density at radius 2 is 2.11 bits per heavy atom. The summed E-state index contributed by atoms with van der Waals surface area (Å²) in [6.45, 7) is 6.99. The Balaban J connectivity index is 3.12. The molecule has 0 atom stereocenters. The third-order valence-corrected chi connectivity index (χ3v) is 0.919. The molecule has 0 aromatic carbocycles. The zero-order chi connectivity index (χ0) is 6.69. The highest BCUT2D eigenvalue weighted by Gasteiger charge is 1.99. The standard InChI is InChI=1S/C6H6N2O/c1-3-5-6(4-2)9-8-7-5/h3-4H,1-2H2. The number of nitrogens with zero attached hydrogens (tertiary/aromatic N) is 2. The quantitative estimate of drug-likeness (QED) is 0.594. The van der Waals surface area contributed by atoms with Gasteiger partial charge in [-0.2, -0.15) is 0 Å². The minimum absolute atomic E-state index is 0.560. The molecule has 3 nitrogen and oxygen atoms in total. The third kappa shape index (κ3) is 0.887. The maximum atomic E-state index is 4.65. The fourth-order valence-electron chi connectivity index (χ4n) is 0.488. The van der Waals surface area contributed by atoms with Gasteiger partial charge in [-0.15, -0.1) is 5.10 Å². The average molecular weight is 122 g/mol. The largest absolute Gasteiger partial charge is 0.337 e. The van der Waals surface area contributed by atoms with Crippen molar-refractivity contribution in [1.82, 2.24) is 10.4 Å². The molecule has 46 valence electrons. The molecular formula is C6H6N2O. The Labute approximate surface area is 52.7 Å². The lowest BCUT2D eigenvalue weighted by molar-refractivity contribution is 0.387. The summed E-state index contributed by atoms with van der Waals surface area (Å²) < 4.78 is 4.65. The normalized spacial score (nSPS) is 8.89. The molecule has 0 aliphatic carbocycles. The predicted octanol–water partition coefficient (Wildman–Crippen LogP) is 1.36. The molecule has 9 heavy (non-hydrogen) atoms. The molecule has 0 amide bonds. The molecule has 1 rings (SSSR count). The van der Waals surface area contributed by atoms with Crippen molar-refractivity contribution in [2.45, 2.75) is 0 Å². The van der Waals surface area contributed by atoms with E-state index in [1.54, 1.807) is 6.08 Å². The van der Waals surface area contributed by atoms with Crippen LogP contribution in [0.5, 0.6) is 0 Å². The lowest BCUT2D eigenvalue weighted by Gasteiger charge is -1.78. The van der Waals surface area contributed by atoms with Crippen LogP contribution in [-0.4, -0.2) is 10.4 Å². The fraction of sp³-hybridized carbons (Fsp3) is 0. The van der Waals surface area contributed by atoms with Crippen LogP contribution < -0.4 is 0 Å². The van der Waals surface area contributed by atoms with Gasteiger partial charge in [-0.25, -0.2) is 0 Å². The first-order chi connectivity index (χ1) is 4.38. The van der Waals surface area contributed by atoms with Gasteiger partial charge in [0.15, 0.2) is 5.76 Å². The molecule has 1 aromatic rings. The van der Waals surface area contributed by atoms with E-state index in [-0.39, 0.29) is 0 Å². The maximum absolute atomic E-state index is 4.65. The molecule has 0 saturated heterocycles. The molecule has 0 aliphatic rings.